The average molecular weight is 625 g/mol. The standard InChI is InChI=1S/C29H22ClIN2O4/c1-2-35-26-13-19(16-32-33-29(34)27-15-22-14-23(30)9-10-25(22)37-27)12-24(31)28(26)36-17-18-7-8-20-5-3-4-6-21(20)11-18/h3-16H,2,17H2,1H3,(H,33,34)/b32-16+. The van der Waals surface area contributed by atoms with Crippen molar-refractivity contribution in [2.45, 2.75) is 13.5 Å². The number of ether oxygens (including phenoxy) is 2. The van der Waals surface area contributed by atoms with Crippen molar-refractivity contribution in [1.29, 1.82) is 0 Å². The van der Waals surface area contributed by atoms with Crippen LogP contribution in [0.3, 0.4) is 0 Å². The van der Waals surface area contributed by atoms with Crippen LogP contribution in [0, 0.1) is 3.57 Å². The van der Waals surface area contributed by atoms with Crippen LogP contribution in [0.4, 0.5) is 0 Å². The van der Waals surface area contributed by atoms with Gasteiger partial charge in [-0.2, -0.15) is 5.10 Å². The van der Waals surface area contributed by atoms with Crippen LogP contribution in [0.1, 0.15) is 28.6 Å². The first-order valence-electron chi connectivity index (χ1n) is 11.6. The van der Waals surface area contributed by atoms with Crippen LogP contribution in [-0.2, 0) is 6.61 Å². The number of furan rings is 1. The molecule has 0 aliphatic carbocycles. The number of hydrazone groups is 1. The van der Waals surface area contributed by atoms with Gasteiger partial charge in [0.2, 0.25) is 0 Å². The number of fused-ring (bicyclic) bond motifs is 2. The summed E-state index contributed by atoms with van der Waals surface area (Å²) in [6, 6.07) is 25.1. The molecular weight excluding hydrogens is 603 g/mol. The van der Waals surface area contributed by atoms with Gasteiger partial charge in [0.05, 0.1) is 16.4 Å². The van der Waals surface area contributed by atoms with E-state index in [0.29, 0.717) is 35.3 Å². The summed E-state index contributed by atoms with van der Waals surface area (Å²) in [4.78, 5) is 12.5. The van der Waals surface area contributed by atoms with E-state index in [4.69, 9.17) is 25.5 Å². The lowest BCUT2D eigenvalue weighted by atomic mass is 10.1. The molecule has 37 heavy (non-hydrogen) atoms. The monoisotopic (exact) mass is 624 g/mol. The number of benzene rings is 4. The molecule has 1 amide bonds. The number of amides is 1. The topological polar surface area (TPSA) is 73.1 Å². The zero-order chi connectivity index (χ0) is 25.8. The van der Waals surface area contributed by atoms with Gasteiger partial charge in [0.1, 0.15) is 12.2 Å². The third kappa shape index (κ3) is 5.89. The molecule has 0 radical (unpaired) electrons. The molecule has 5 aromatic rings. The number of nitrogens with zero attached hydrogens (tertiary/aromatic N) is 1. The summed E-state index contributed by atoms with van der Waals surface area (Å²) in [7, 11) is 0. The zero-order valence-electron chi connectivity index (χ0n) is 19.8. The Morgan fingerprint density at radius 3 is 2.68 bits per heavy atom. The molecule has 1 N–H and O–H groups in total. The third-order valence-electron chi connectivity index (χ3n) is 5.61. The van der Waals surface area contributed by atoms with E-state index in [1.807, 2.05) is 31.2 Å². The SMILES string of the molecule is CCOc1cc(/C=N/NC(=O)c2cc3cc(Cl)ccc3o2)cc(I)c1OCc1ccc2ccccc2c1. The van der Waals surface area contributed by atoms with Crippen molar-refractivity contribution in [1.82, 2.24) is 5.43 Å². The van der Waals surface area contributed by atoms with Crippen LogP contribution < -0.4 is 14.9 Å². The second-order valence-electron chi connectivity index (χ2n) is 8.23. The van der Waals surface area contributed by atoms with E-state index in [-0.39, 0.29) is 5.76 Å². The molecule has 0 aliphatic heterocycles. The number of hydrogen-bond donors (Lipinski definition) is 1. The second-order valence-corrected chi connectivity index (χ2v) is 9.82. The van der Waals surface area contributed by atoms with Crippen LogP contribution in [0.25, 0.3) is 21.7 Å². The number of hydrogen-bond acceptors (Lipinski definition) is 5. The molecule has 5 rings (SSSR count). The number of halogens is 2. The normalized spacial score (nSPS) is 11.3. The van der Waals surface area contributed by atoms with E-state index in [2.05, 4.69) is 63.4 Å². The average Bonchev–Trinajstić information content (AvgIpc) is 3.32. The lowest BCUT2D eigenvalue weighted by molar-refractivity contribution is 0.0929. The fourth-order valence-electron chi connectivity index (χ4n) is 3.90. The van der Waals surface area contributed by atoms with Crippen molar-refractivity contribution in [2.75, 3.05) is 6.61 Å². The highest BCUT2D eigenvalue weighted by Gasteiger charge is 2.14. The largest absolute Gasteiger partial charge is 0.490 e. The molecule has 0 saturated heterocycles. The molecule has 0 aliphatic rings. The van der Waals surface area contributed by atoms with E-state index >= 15 is 0 Å². The molecule has 186 valence electrons. The highest BCUT2D eigenvalue weighted by Crippen LogP contribution is 2.34. The van der Waals surface area contributed by atoms with Crippen molar-refractivity contribution in [2.24, 2.45) is 5.10 Å². The van der Waals surface area contributed by atoms with Gasteiger partial charge < -0.3 is 13.9 Å². The van der Waals surface area contributed by atoms with Gasteiger partial charge in [0, 0.05) is 10.4 Å². The lowest BCUT2D eigenvalue weighted by Crippen LogP contribution is -2.16. The van der Waals surface area contributed by atoms with Gasteiger partial charge in [0.15, 0.2) is 17.3 Å². The molecule has 0 unspecified atom stereocenters. The van der Waals surface area contributed by atoms with Gasteiger partial charge in [-0.3, -0.25) is 4.79 Å². The first kappa shape index (κ1) is 25.1. The van der Waals surface area contributed by atoms with Crippen molar-refractivity contribution < 1.29 is 18.7 Å². The maximum absolute atomic E-state index is 12.5. The number of nitrogens with one attached hydrogen (secondary N) is 1. The summed E-state index contributed by atoms with van der Waals surface area (Å²) < 4.78 is 18.5. The quantitative estimate of drug-likeness (QED) is 0.110. The summed E-state index contributed by atoms with van der Waals surface area (Å²) in [6.45, 7) is 2.81. The Kier molecular flexibility index (Phi) is 7.62. The van der Waals surface area contributed by atoms with Crippen molar-refractivity contribution in [3.05, 3.63) is 104 Å². The smallest absolute Gasteiger partial charge is 0.307 e. The predicted octanol–water partition coefficient (Wildman–Crippen LogP) is 7.59. The van der Waals surface area contributed by atoms with E-state index in [0.717, 1.165) is 20.1 Å². The Morgan fingerprint density at radius 1 is 1.00 bits per heavy atom. The molecule has 6 nitrogen and oxygen atoms in total. The maximum atomic E-state index is 12.5. The highest BCUT2D eigenvalue weighted by molar-refractivity contribution is 14.1. The van der Waals surface area contributed by atoms with Crippen molar-refractivity contribution >= 4 is 68.1 Å². The Bertz CT molecular complexity index is 1630. The lowest BCUT2D eigenvalue weighted by Gasteiger charge is -2.15. The summed E-state index contributed by atoms with van der Waals surface area (Å²) >= 11 is 8.22. The molecule has 1 heterocycles. The van der Waals surface area contributed by atoms with Gasteiger partial charge in [0.25, 0.3) is 0 Å². The van der Waals surface area contributed by atoms with Gasteiger partial charge >= 0.3 is 5.91 Å². The van der Waals surface area contributed by atoms with Crippen molar-refractivity contribution in [3.8, 4) is 11.5 Å². The van der Waals surface area contributed by atoms with Crippen LogP contribution >= 0.6 is 34.2 Å². The van der Waals surface area contributed by atoms with E-state index < -0.39 is 5.91 Å². The molecule has 4 aromatic carbocycles. The van der Waals surface area contributed by atoms with Gasteiger partial charge in [-0.25, -0.2) is 5.43 Å². The van der Waals surface area contributed by atoms with Gasteiger partial charge in [-0.15, -0.1) is 0 Å². The molecule has 0 saturated carbocycles. The summed E-state index contributed by atoms with van der Waals surface area (Å²) in [5, 5.41) is 7.77. The summed E-state index contributed by atoms with van der Waals surface area (Å²) in [5.41, 5.74) is 4.90. The Balaban J connectivity index is 1.29. The van der Waals surface area contributed by atoms with Crippen molar-refractivity contribution in [3.63, 3.8) is 0 Å². The molecular formula is C29H22ClIN2O4. The number of rotatable bonds is 8. The Hall–Kier alpha value is -3.56. The zero-order valence-corrected chi connectivity index (χ0v) is 22.7. The maximum Gasteiger partial charge on any atom is 0.307 e. The fraction of sp³-hybridized carbons (Fsp3) is 0.103. The second kappa shape index (κ2) is 11.2. The molecule has 1 aromatic heterocycles. The highest BCUT2D eigenvalue weighted by atomic mass is 127. The minimum atomic E-state index is -0.460. The summed E-state index contributed by atoms with van der Waals surface area (Å²) in [5.74, 6) is 0.963. The van der Waals surface area contributed by atoms with Crippen LogP contribution in [0.15, 0.2) is 88.4 Å². The minimum absolute atomic E-state index is 0.149. The molecule has 0 fully saturated rings. The van der Waals surface area contributed by atoms with Gasteiger partial charge in [-0.1, -0.05) is 48.0 Å². The van der Waals surface area contributed by atoms with E-state index in [1.165, 1.54) is 10.8 Å². The molecule has 8 heteroatoms. The summed E-state index contributed by atoms with van der Waals surface area (Å²) in [6.07, 6.45) is 1.55. The fourth-order valence-corrected chi connectivity index (χ4v) is 4.86. The van der Waals surface area contributed by atoms with Crippen LogP contribution in [0.5, 0.6) is 11.5 Å². The Labute approximate surface area is 232 Å². The minimum Gasteiger partial charge on any atom is -0.490 e. The predicted molar refractivity (Wildman–Crippen MR) is 155 cm³/mol. The van der Waals surface area contributed by atoms with Gasteiger partial charge in [-0.05, 0) is 93.9 Å². The molecule has 0 bridgehead atoms. The van der Waals surface area contributed by atoms with Crippen LogP contribution in [-0.4, -0.2) is 18.7 Å². The van der Waals surface area contributed by atoms with E-state index in [1.54, 1.807) is 30.5 Å². The number of carbonyl (C=O) groups is 1. The van der Waals surface area contributed by atoms with E-state index in [9.17, 15) is 4.79 Å². The first-order valence-corrected chi connectivity index (χ1v) is 13.0. The molecule has 0 spiro atoms. The first-order chi connectivity index (χ1) is 18.0. The Morgan fingerprint density at radius 2 is 1.84 bits per heavy atom. The molecule has 0 atom stereocenters. The number of carbonyl (C=O) groups excluding carboxylic acids is 1. The van der Waals surface area contributed by atoms with Crippen LogP contribution in [0.2, 0.25) is 5.02 Å². The third-order valence-corrected chi connectivity index (χ3v) is 6.65.